The Bertz CT molecular complexity index is 499. The first-order valence-corrected chi connectivity index (χ1v) is 7.63. The maximum atomic E-state index is 5.78. The molecule has 0 amide bonds. The lowest BCUT2D eigenvalue weighted by Crippen LogP contribution is -1.98. The van der Waals surface area contributed by atoms with Gasteiger partial charge in [0.05, 0.1) is 0 Å². The average Bonchev–Trinajstić information content (AvgIpc) is 2.86. The molecule has 2 aromatic rings. The summed E-state index contributed by atoms with van der Waals surface area (Å²) in [5.74, 6) is 0. The van der Waals surface area contributed by atoms with E-state index in [1.807, 2.05) is 0 Å². The molecule has 1 heterocycles. The molecule has 0 aliphatic rings. The second-order valence-corrected chi connectivity index (χ2v) is 5.33. The molecule has 0 spiro atoms. The Kier molecular flexibility index (Phi) is 5.46. The number of nitrogens with zero attached hydrogens (tertiary/aromatic N) is 1. The van der Waals surface area contributed by atoms with Crippen LogP contribution in [0.2, 0.25) is 0 Å². The lowest BCUT2D eigenvalue weighted by atomic mass is 10.1. The summed E-state index contributed by atoms with van der Waals surface area (Å²) in [4.78, 5) is 0. The number of hydrogen-bond donors (Lipinski definition) is 1. The Morgan fingerprint density at radius 1 is 1.00 bits per heavy atom. The number of rotatable bonds is 8. The Hall–Kier alpha value is -1.28. The van der Waals surface area contributed by atoms with E-state index < -0.39 is 0 Å². The third kappa shape index (κ3) is 3.60. The molecular weight excluding hydrogens is 232 g/mol. The Morgan fingerprint density at radius 3 is 2.58 bits per heavy atom. The van der Waals surface area contributed by atoms with Crippen LogP contribution >= 0.6 is 0 Å². The Morgan fingerprint density at radius 2 is 1.79 bits per heavy atom. The molecule has 0 bridgehead atoms. The standard InChI is InChI=1S/C17H26N2/c1-2-3-4-5-6-7-12-19-13-11-16-15(14-18)9-8-10-17(16)19/h8-11,13H,2-7,12,14,18H2,1H3. The molecule has 0 aliphatic heterocycles. The van der Waals surface area contributed by atoms with Crippen LogP contribution < -0.4 is 5.73 Å². The van der Waals surface area contributed by atoms with E-state index >= 15 is 0 Å². The Labute approximate surface area is 116 Å². The van der Waals surface area contributed by atoms with Crippen LogP contribution in [0.25, 0.3) is 10.9 Å². The number of fused-ring (bicyclic) bond motifs is 1. The minimum absolute atomic E-state index is 0.623. The van der Waals surface area contributed by atoms with Gasteiger partial charge in [0, 0.05) is 30.2 Å². The first-order chi connectivity index (χ1) is 9.36. The molecule has 0 saturated carbocycles. The van der Waals surface area contributed by atoms with Crippen molar-refractivity contribution in [3.05, 3.63) is 36.0 Å². The highest BCUT2D eigenvalue weighted by atomic mass is 14.9. The van der Waals surface area contributed by atoms with E-state index in [1.54, 1.807) is 0 Å². The van der Waals surface area contributed by atoms with Gasteiger partial charge in [0.25, 0.3) is 0 Å². The summed E-state index contributed by atoms with van der Waals surface area (Å²) in [6, 6.07) is 8.64. The minimum Gasteiger partial charge on any atom is -0.347 e. The number of aromatic nitrogens is 1. The van der Waals surface area contributed by atoms with Gasteiger partial charge in [0.1, 0.15) is 0 Å². The van der Waals surface area contributed by atoms with Crippen molar-refractivity contribution in [3.63, 3.8) is 0 Å². The van der Waals surface area contributed by atoms with Crippen molar-refractivity contribution in [1.29, 1.82) is 0 Å². The van der Waals surface area contributed by atoms with Gasteiger partial charge in [0.15, 0.2) is 0 Å². The zero-order valence-corrected chi connectivity index (χ0v) is 12.1. The molecule has 0 radical (unpaired) electrons. The fourth-order valence-corrected chi connectivity index (χ4v) is 2.72. The van der Waals surface area contributed by atoms with E-state index in [0.717, 1.165) is 6.54 Å². The number of hydrogen-bond acceptors (Lipinski definition) is 1. The van der Waals surface area contributed by atoms with E-state index in [1.165, 1.54) is 55.0 Å². The topological polar surface area (TPSA) is 30.9 Å². The van der Waals surface area contributed by atoms with Gasteiger partial charge in [-0.15, -0.1) is 0 Å². The summed E-state index contributed by atoms with van der Waals surface area (Å²) >= 11 is 0. The summed E-state index contributed by atoms with van der Waals surface area (Å²) in [7, 11) is 0. The first-order valence-electron chi connectivity index (χ1n) is 7.63. The van der Waals surface area contributed by atoms with E-state index in [4.69, 9.17) is 5.73 Å². The van der Waals surface area contributed by atoms with Crippen molar-refractivity contribution < 1.29 is 0 Å². The molecule has 0 aliphatic carbocycles. The summed E-state index contributed by atoms with van der Waals surface area (Å²) in [5.41, 5.74) is 8.36. The molecule has 2 rings (SSSR count). The zero-order valence-electron chi connectivity index (χ0n) is 12.1. The zero-order chi connectivity index (χ0) is 13.5. The van der Waals surface area contributed by atoms with Crippen LogP contribution in [0.15, 0.2) is 30.5 Å². The van der Waals surface area contributed by atoms with Crippen LogP contribution in [-0.4, -0.2) is 4.57 Å². The Balaban J connectivity index is 1.91. The van der Waals surface area contributed by atoms with Crippen LogP contribution in [0.5, 0.6) is 0 Å². The molecule has 104 valence electrons. The lowest BCUT2D eigenvalue weighted by molar-refractivity contribution is 0.565. The van der Waals surface area contributed by atoms with Crippen LogP contribution in [-0.2, 0) is 13.1 Å². The van der Waals surface area contributed by atoms with Gasteiger partial charge in [-0.1, -0.05) is 51.2 Å². The van der Waals surface area contributed by atoms with Gasteiger partial charge < -0.3 is 10.3 Å². The third-order valence-corrected chi connectivity index (χ3v) is 3.88. The van der Waals surface area contributed by atoms with E-state index in [2.05, 4.69) is 42.0 Å². The van der Waals surface area contributed by atoms with Gasteiger partial charge in [0.2, 0.25) is 0 Å². The van der Waals surface area contributed by atoms with Crippen molar-refractivity contribution >= 4 is 10.9 Å². The third-order valence-electron chi connectivity index (χ3n) is 3.88. The molecule has 1 aromatic carbocycles. The summed E-state index contributed by atoms with van der Waals surface area (Å²) in [5, 5.41) is 1.32. The highest BCUT2D eigenvalue weighted by Crippen LogP contribution is 2.20. The molecule has 0 atom stereocenters. The highest BCUT2D eigenvalue weighted by Gasteiger charge is 2.03. The molecular formula is C17H26N2. The van der Waals surface area contributed by atoms with Crippen LogP contribution in [0.4, 0.5) is 0 Å². The van der Waals surface area contributed by atoms with Gasteiger partial charge in [-0.2, -0.15) is 0 Å². The van der Waals surface area contributed by atoms with Crippen molar-refractivity contribution in [2.24, 2.45) is 5.73 Å². The first kappa shape index (κ1) is 14.1. The molecule has 2 N–H and O–H groups in total. The normalized spacial score (nSPS) is 11.3. The maximum Gasteiger partial charge on any atom is 0.0483 e. The van der Waals surface area contributed by atoms with E-state index in [0.29, 0.717) is 6.54 Å². The van der Waals surface area contributed by atoms with Gasteiger partial charge in [-0.05, 0) is 24.1 Å². The second kappa shape index (κ2) is 7.34. The fraction of sp³-hybridized carbons (Fsp3) is 0.529. The van der Waals surface area contributed by atoms with Crippen LogP contribution in [0, 0.1) is 0 Å². The quantitative estimate of drug-likeness (QED) is 0.696. The number of nitrogens with two attached hydrogens (primary N) is 1. The maximum absolute atomic E-state index is 5.78. The average molecular weight is 258 g/mol. The van der Waals surface area contributed by atoms with Crippen molar-refractivity contribution in [2.45, 2.75) is 58.5 Å². The van der Waals surface area contributed by atoms with Crippen molar-refractivity contribution in [2.75, 3.05) is 0 Å². The molecule has 0 saturated heterocycles. The van der Waals surface area contributed by atoms with Gasteiger partial charge in [-0.25, -0.2) is 0 Å². The molecule has 1 aromatic heterocycles. The number of aryl methyl sites for hydroxylation is 1. The molecule has 19 heavy (non-hydrogen) atoms. The minimum atomic E-state index is 0.623. The summed E-state index contributed by atoms with van der Waals surface area (Å²) in [6.07, 6.45) is 10.3. The predicted molar refractivity (Wildman–Crippen MR) is 83.2 cm³/mol. The lowest BCUT2D eigenvalue weighted by Gasteiger charge is -2.06. The largest absolute Gasteiger partial charge is 0.347 e. The van der Waals surface area contributed by atoms with Gasteiger partial charge in [-0.3, -0.25) is 0 Å². The summed E-state index contributed by atoms with van der Waals surface area (Å²) < 4.78 is 2.37. The smallest absolute Gasteiger partial charge is 0.0483 e. The van der Waals surface area contributed by atoms with Crippen LogP contribution in [0.1, 0.15) is 51.0 Å². The molecule has 2 heteroatoms. The number of benzene rings is 1. The molecule has 0 unspecified atom stereocenters. The number of unbranched alkanes of at least 4 members (excludes halogenated alkanes) is 5. The molecule has 2 nitrogen and oxygen atoms in total. The second-order valence-electron chi connectivity index (χ2n) is 5.33. The van der Waals surface area contributed by atoms with Crippen molar-refractivity contribution in [1.82, 2.24) is 4.57 Å². The molecule has 0 fully saturated rings. The van der Waals surface area contributed by atoms with E-state index in [9.17, 15) is 0 Å². The van der Waals surface area contributed by atoms with Gasteiger partial charge >= 0.3 is 0 Å². The van der Waals surface area contributed by atoms with Crippen molar-refractivity contribution in [3.8, 4) is 0 Å². The highest BCUT2D eigenvalue weighted by molar-refractivity contribution is 5.83. The fourth-order valence-electron chi connectivity index (χ4n) is 2.72. The predicted octanol–water partition coefficient (Wildman–Crippen LogP) is 4.46. The summed E-state index contributed by atoms with van der Waals surface area (Å²) in [6.45, 7) is 4.02. The SMILES string of the molecule is CCCCCCCCn1ccc2c(CN)cccc21. The van der Waals surface area contributed by atoms with Crippen LogP contribution in [0.3, 0.4) is 0 Å². The monoisotopic (exact) mass is 258 g/mol. The van der Waals surface area contributed by atoms with E-state index in [-0.39, 0.29) is 0 Å².